The molecule has 1 saturated carbocycles. The molecular formula is C20H30N4O. The molecule has 1 aromatic rings. The van der Waals surface area contributed by atoms with Gasteiger partial charge in [0, 0.05) is 19.6 Å². The van der Waals surface area contributed by atoms with Crippen molar-refractivity contribution >= 4 is 11.9 Å². The van der Waals surface area contributed by atoms with Crippen molar-refractivity contribution in [2.45, 2.75) is 38.5 Å². The molecule has 25 heavy (non-hydrogen) atoms. The van der Waals surface area contributed by atoms with E-state index in [1.54, 1.807) is 0 Å². The summed E-state index contributed by atoms with van der Waals surface area (Å²) in [6.45, 7) is 2.71. The van der Waals surface area contributed by atoms with Crippen molar-refractivity contribution in [3.05, 3.63) is 35.9 Å². The van der Waals surface area contributed by atoms with Gasteiger partial charge in [0.1, 0.15) is 6.54 Å². The number of benzene rings is 1. The second-order valence-corrected chi connectivity index (χ2v) is 7.39. The largest absolute Gasteiger partial charge is 0.370 e. The van der Waals surface area contributed by atoms with Gasteiger partial charge in [0.15, 0.2) is 5.96 Å². The van der Waals surface area contributed by atoms with E-state index in [4.69, 9.17) is 5.73 Å². The Bertz CT molecular complexity index is 575. The average molecular weight is 342 g/mol. The molecule has 5 heteroatoms. The SMILES string of the molecule is NC(=NCC(=O)N1CCC(Cc2ccccc2)CC1)NCC1CCC1. The summed E-state index contributed by atoms with van der Waals surface area (Å²) in [7, 11) is 0. The molecule has 3 N–H and O–H groups in total. The molecule has 1 amide bonds. The van der Waals surface area contributed by atoms with Gasteiger partial charge in [-0.15, -0.1) is 0 Å². The maximum absolute atomic E-state index is 12.3. The lowest BCUT2D eigenvalue weighted by atomic mass is 9.85. The van der Waals surface area contributed by atoms with Gasteiger partial charge < -0.3 is 16.0 Å². The monoisotopic (exact) mass is 342 g/mol. The standard InChI is InChI=1S/C20H30N4O/c21-20(22-14-18-7-4-8-18)23-15-19(25)24-11-9-17(10-12-24)13-16-5-2-1-3-6-16/h1-3,5-6,17-18H,4,7-15H2,(H3,21,22,23). The minimum absolute atomic E-state index is 0.0894. The number of aliphatic imine (C=N–C) groups is 1. The first-order valence-electron chi connectivity index (χ1n) is 9.56. The van der Waals surface area contributed by atoms with Crippen LogP contribution in [0.15, 0.2) is 35.3 Å². The van der Waals surface area contributed by atoms with Crippen LogP contribution in [0.2, 0.25) is 0 Å². The summed E-state index contributed by atoms with van der Waals surface area (Å²) in [6, 6.07) is 10.6. The van der Waals surface area contributed by atoms with Gasteiger partial charge in [-0.2, -0.15) is 0 Å². The Morgan fingerprint density at radius 2 is 1.84 bits per heavy atom. The molecule has 2 aliphatic rings. The van der Waals surface area contributed by atoms with Crippen LogP contribution in [0.25, 0.3) is 0 Å². The number of likely N-dealkylation sites (tertiary alicyclic amines) is 1. The molecule has 1 aromatic carbocycles. The summed E-state index contributed by atoms with van der Waals surface area (Å²) in [4.78, 5) is 18.5. The van der Waals surface area contributed by atoms with Crippen LogP contribution in [0.1, 0.15) is 37.7 Å². The second kappa shape index (κ2) is 8.88. The number of nitrogens with two attached hydrogens (primary N) is 1. The maximum atomic E-state index is 12.3. The average Bonchev–Trinajstić information content (AvgIpc) is 2.60. The van der Waals surface area contributed by atoms with Gasteiger partial charge in [0.2, 0.25) is 5.91 Å². The van der Waals surface area contributed by atoms with Crippen LogP contribution in [-0.2, 0) is 11.2 Å². The first-order valence-corrected chi connectivity index (χ1v) is 9.56. The third-order valence-electron chi connectivity index (χ3n) is 5.52. The van der Waals surface area contributed by atoms with Crippen LogP contribution in [0, 0.1) is 11.8 Å². The lowest BCUT2D eigenvalue weighted by molar-refractivity contribution is -0.130. The third kappa shape index (κ3) is 5.48. The molecule has 5 nitrogen and oxygen atoms in total. The molecule has 136 valence electrons. The molecule has 0 atom stereocenters. The minimum atomic E-state index is 0.0894. The third-order valence-corrected chi connectivity index (χ3v) is 5.52. The number of carbonyl (C=O) groups excluding carboxylic acids is 1. The van der Waals surface area contributed by atoms with Gasteiger partial charge in [-0.1, -0.05) is 36.8 Å². The summed E-state index contributed by atoms with van der Waals surface area (Å²) >= 11 is 0. The summed E-state index contributed by atoms with van der Waals surface area (Å²) in [5.74, 6) is 1.89. The zero-order valence-electron chi connectivity index (χ0n) is 15.0. The van der Waals surface area contributed by atoms with Gasteiger partial charge in [-0.25, -0.2) is 4.99 Å². The highest BCUT2D eigenvalue weighted by Crippen LogP contribution is 2.25. The second-order valence-electron chi connectivity index (χ2n) is 7.39. The highest BCUT2D eigenvalue weighted by atomic mass is 16.2. The number of carbonyl (C=O) groups is 1. The smallest absolute Gasteiger partial charge is 0.244 e. The molecule has 0 radical (unpaired) electrons. The lowest BCUT2D eigenvalue weighted by Crippen LogP contribution is -2.41. The first kappa shape index (κ1) is 17.8. The number of nitrogens with one attached hydrogen (secondary N) is 1. The zero-order valence-corrected chi connectivity index (χ0v) is 15.0. The fourth-order valence-electron chi connectivity index (χ4n) is 3.59. The minimum Gasteiger partial charge on any atom is -0.370 e. The van der Waals surface area contributed by atoms with Crippen LogP contribution in [0.5, 0.6) is 0 Å². The molecule has 3 rings (SSSR count). The molecule has 1 aliphatic carbocycles. The number of hydrogen-bond acceptors (Lipinski definition) is 2. The highest BCUT2D eigenvalue weighted by molar-refractivity contribution is 5.84. The molecule has 0 spiro atoms. The quantitative estimate of drug-likeness (QED) is 0.615. The predicted octanol–water partition coefficient (Wildman–Crippen LogP) is 2.17. The van der Waals surface area contributed by atoms with Gasteiger partial charge in [-0.3, -0.25) is 4.79 Å². The normalized spacial score (nSPS) is 19.5. The van der Waals surface area contributed by atoms with Crippen LogP contribution >= 0.6 is 0 Å². The number of amides is 1. The van der Waals surface area contributed by atoms with Crippen LogP contribution in [0.3, 0.4) is 0 Å². The van der Waals surface area contributed by atoms with E-state index in [1.165, 1.54) is 24.8 Å². The van der Waals surface area contributed by atoms with E-state index in [-0.39, 0.29) is 12.5 Å². The van der Waals surface area contributed by atoms with E-state index in [0.29, 0.717) is 11.9 Å². The van der Waals surface area contributed by atoms with E-state index in [9.17, 15) is 4.79 Å². The lowest BCUT2D eigenvalue weighted by Gasteiger charge is -2.32. The Morgan fingerprint density at radius 1 is 1.12 bits per heavy atom. The van der Waals surface area contributed by atoms with Gasteiger partial charge in [0.25, 0.3) is 0 Å². The zero-order chi connectivity index (χ0) is 17.5. The number of hydrogen-bond donors (Lipinski definition) is 2. The number of guanidine groups is 1. The number of rotatable bonds is 6. The van der Waals surface area contributed by atoms with Crippen molar-refractivity contribution in [2.24, 2.45) is 22.6 Å². The van der Waals surface area contributed by atoms with E-state index in [2.05, 4.69) is 40.6 Å². The Balaban J connectivity index is 1.36. The van der Waals surface area contributed by atoms with Crippen molar-refractivity contribution < 1.29 is 4.79 Å². The van der Waals surface area contributed by atoms with Crippen molar-refractivity contribution in [1.82, 2.24) is 10.2 Å². The van der Waals surface area contributed by atoms with Crippen molar-refractivity contribution in [1.29, 1.82) is 0 Å². The van der Waals surface area contributed by atoms with E-state index < -0.39 is 0 Å². The van der Waals surface area contributed by atoms with Gasteiger partial charge in [0.05, 0.1) is 0 Å². The number of nitrogens with zero attached hydrogens (tertiary/aromatic N) is 2. The van der Waals surface area contributed by atoms with Gasteiger partial charge in [-0.05, 0) is 49.5 Å². The van der Waals surface area contributed by atoms with Crippen LogP contribution in [0.4, 0.5) is 0 Å². The van der Waals surface area contributed by atoms with E-state index >= 15 is 0 Å². The molecule has 2 fully saturated rings. The molecule has 0 unspecified atom stereocenters. The Hall–Kier alpha value is -2.04. The Kier molecular flexibility index (Phi) is 6.31. The molecular weight excluding hydrogens is 312 g/mol. The Labute approximate surface area is 150 Å². The molecule has 1 saturated heterocycles. The molecule has 1 heterocycles. The Morgan fingerprint density at radius 3 is 2.48 bits per heavy atom. The summed E-state index contributed by atoms with van der Waals surface area (Å²) in [5, 5.41) is 3.13. The predicted molar refractivity (Wildman–Crippen MR) is 101 cm³/mol. The first-order chi connectivity index (χ1) is 12.2. The number of piperidine rings is 1. The molecule has 1 aliphatic heterocycles. The van der Waals surface area contributed by atoms with Crippen LogP contribution < -0.4 is 11.1 Å². The topological polar surface area (TPSA) is 70.7 Å². The fourth-order valence-corrected chi connectivity index (χ4v) is 3.59. The molecule has 0 bridgehead atoms. The van der Waals surface area contributed by atoms with Gasteiger partial charge >= 0.3 is 0 Å². The van der Waals surface area contributed by atoms with E-state index in [0.717, 1.165) is 44.8 Å². The van der Waals surface area contributed by atoms with Crippen molar-refractivity contribution in [3.63, 3.8) is 0 Å². The summed E-state index contributed by atoms with van der Waals surface area (Å²) in [5.41, 5.74) is 7.25. The van der Waals surface area contributed by atoms with Crippen LogP contribution in [-0.4, -0.2) is 42.9 Å². The van der Waals surface area contributed by atoms with E-state index in [1.807, 2.05) is 4.90 Å². The van der Waals surface area contributed by atoms with Crippen molar-refractivity contribution in [2.75, 3.05) is 26.2 Å². The van der Waals surface area contributed by atoms with Crippen molar-refractivity contribution in [3.8, 4) is 0 Å². The molecule has 0 aromatic heterocycles. The summed E-state index contributed by atoms with van der Waals surface area (Å²) < 4.78 is 0. The fraction of sp³-hybridized carbons (Fsp3) is 0.600. The maximum Gasteiger partial charge on any atom is 0.244 e. The summed E-state index contributed by atoms with van der Waals surface area (Å²) in [6.07, 6.45) is 7.12. The highest BCUT2D eigenvalue weighted by Gasteiger charge is 2.22.